The first-order valence-electron chi connectivity index (χ1n) is 17.1. The molecule has 222 valence electrons. The van der Waals surface area contributed by atoms with Gasteiger partial charge in [-0.15, -0.1) is 0 Å². The van der Waals surface area contributed by atoms with Crippen molar-refractivity contribution < 1.29 is 61.3 Å². The van der Waals surface area contributed by atoms with Gasteiger partial charge >= 0.3 is 51.4 Å². The topological polar surface area (TPSA) is 43.4 Å². The van der Waals surface area contributed by atoms with E-state index in [-0.39, 0.29) is 63.8 Å². The van der Waals surface area contributed by atoms with Gasteiger partial charge in [0.05, 0.1) is 0 Å². The van der Waals surface area contributed by atoms with Gasteiger partial charge in [-0.3, -0.25) is 0 Å². The number of carboxylic acid groups (broad SMARTS) is 1. The molecule has 0 heterocycles. The van der Waals surface area contributed by atoms with Crippen LogP contribution >= 0.6 is 0 Å². The monoisotopic (exact) mass is 561 g/mol. The Morgan fingerprint density at radius 3 is 1.05 bits per heavy atom. The van der Waals surface area contributed by atoms with Crippen LogP contribution in [0.2, 0.25) is 0 Å². The number of carbonyl (C=O) groups excluding carboxylic acids is 1. The first-order chi connectivity index (χ1) is 18.2. The summed E-state index contributed by atoms with van der Waals surface area (Å²) in [7, 11) is 0. The van der Waals surface area contributed by atoms with Crippen molar-refractivity contribution in [3.05, 3.63) is 0 Å². The van der Waals surface area contributed by atoms with Gasteiger partial charge in [0.2, 0.25) is 0 Å². The molecular weight excluding hydrogens is 493 g/mol. The third kappa shape index (κ3) is 30.0. The first kappa shape index (κ1) is 41.2. The van der Waals surface area contributed by atoms with E-state index in [0.29, 0.717) is 0 Å². The Hall–Kier alpha value is 1.07. The average molecular weight is 562 g/mol. The van der Waals surface area contributed by atoms with Crippen LogP contribution in [0.25, 0.3) is 0 Å². The second-order valence-electron chi connectivity index (χ2n) is 11.8. The van der Waals surface area contributed by atoms with Gasteiger partial charge in [0, 0.05) is 18.4 Å². The number of rotatable bonds is 31. The van der Waals surface area contributed by atoms with Gasteiger partial charge in [0.25, 0.3) is 0 Å². The van der Waals surface area contributed by atoms with E-state index in [1.165, 1.54) is 154 Å². The largest absolute Gasteiger partial charge is 1.00 e. The zero-order chi connectivity index (χ0) is 27.2. The third-order valence-electron chi connectivity index (χ3n) is 8.14. The van der Waals surface area contributed by atoms with E-state index >= 15 is 0 Å². The van der Waals surface area contributed by atoms with Crippen molar-refractivity contribution in [3.8, 4) is 0 Å². The fourth-order valence-corrected chi connectivity index (χ4v) is 5.73. The maximum atomic E-state index is 11.4. The van der Waals surface area contributed by atoms with Crippen LogP contribution in [-0.2, 0) is 4.79 Å². The molecule has 0 amide bonds. The van der Waals surface area contributed by atoms with E-state index in [1.54, 1.807) is 0 Å². The molecule has 1 unspecified atom stereocenters. The predicted molar refractivity (Wildman–Crippen MR) is 162 cm³/mol. The fraction of sp³-hybridized carbons (Fsp3) is 0.971. The van der Waals surface area contributed by atoms with Crippen LogP contribution in [0.4, 0.5) is 0 Å². The van der Waals surface area contributed by atoms with E-state index in [4.69, 9.17) is 0 Å². The van der Waals surface area contributed by atoms with Crippen molar-refractivity contribution in [1.29, 1.82) is 0 Å². The molecule has 0 aromatic heterocycles. The second kappa shape index (κ2) is 34.3. The number of nitrogens with zero attached hydrogens (tertiary/aromatic N) is 1. The molecule has 38 heavy (non-hydrogen) atoms. The van der Waals surface area contributed by atoms with Gasteiger partial charge in [0.1, 0.15) is 0 Å². The maximum absolute atomic E-state index is 11.4. The molecule has 0 saturated carbocycles. The number of carboxylic acids is 1. The molecule has 0 bridgehead atoms. The molecule has 0 N–H and O–H groups in total. The summed E-state index contributed by atoms with van der Waals surface area (Å²) in [4.78, 5) is 13.9. The van der Waals surface area contributed by atoms with Gasteiger partial charge in [-0.25, -0.2) is 0 Å². The van der Waals surface area contributed by atoms with Crippen LogP contribution in [0.5, 0.6) is 0 Å². The standard InChI is InChI=1S/C34H69NO2.K/c1-4-7-9-11-13-15-17-19-21-23-25-27-30-35(33(29-6-3)32-34(36)37)31-28-26-24-22-20-18-16-14-12-10-8-5-2;/h33H,4-32H2,1-3H3,(H,36,37);/q;+1/p-1. The Labute approximate surface area is 282 Å². The molecule has 3 nitrogen and oxygen atoms in total. The summed E-state index contributed by atoms with van der Waals surface area (Å²) in [6.45, 7) is 8.87. The number of aliphatic carboxylic acids is 1. The maximum Gasteiger partial charge on any atom is 1.00 e. The Morgan fingerprint density at radius 1 is 0.500 bits per heavy atom. The molecule has 0 fully saturated rings. The molecule has 0 radical (unpaired) electrons. The molecule has 0 aliphatic heterocycles. The van der Waals surface area contributed by atoms with E-state index in [9.17, 15) is 9.90 Å². The number of unbranched alkanes of at least 4 members (excludes halogenated alkanes) is 22. The van der Waals surface area contributed by atoms with Crippen molar-refractivity contribution in [1.82, 2.24) is 4.90 Å². The Balaban J connectivity index is 0. The van der Waals surface area contributed by atoms with E-state index in [1.807, 2.05) is 0 Å². The van der Waals surface area contributed by atoms with Crippen molar-refractivity contribution in [2.45, 2.75) is 200 Å². The Bertz CT molecular complexity index is 432. The van der Waals surface area contributed by atoms with Crippen LogP contribution in [0.3, 0.4) is 0 Å². The van der Waals surface area contributed by atoms with E-state index < -0.39 is 5.97 Å². The van der Waals surface area contributed by atoms with Gasteiger partial charge in [-0.05, 0) is 32.4 Å². The Morgan fingerprint density at radius 2 is 0.789 bits per heavy atom. The van der Waals surface area contributed by atoms with Gasteiger partial charge in [-0.2, -0.15) is 0 Å². The quantitative estimate of drug-likeness (QED) is 0.0676. The smallest absolute Gasteiger partial charge is 0.550 e. The Kier molecular flexibility index (Phi) is 37.2. The predicted octanol–water partition coefficient (Wildman–Crippen LogP) is 7.00. The number of hydrogen-bond acceptors (Lipinski definition) is 3. The second-order valence-corrected chi connectivity index (χ2v) is 11.8. The van der Waals surface area contributed by atoms with Crippen molar-refractivity contribution in [2.24, 2.45) is 0 Å². The molecular formula is C34H68KNO2. The van der Waals surface area contributed by atoms with Crippen molar-refractivity contribution in [3.63, 3.8) is 0 Å². The molecule has 0 spiro atoms. The van der Waals surface area contributed by atoms with Crippen LogP contribution in [0.1, 0.15) is 194 Å². The zero-order valence-corrected chi connectivity index (χ0v) is 30.0. The minimum absolute atomic E-state index is 0. The molecule has 0 aromatic carbocycles. The van der Waals surface area contributed by atoms with E-state index in [0.717, 1.165) is 25.9 Å². The summed E-state index contributed by atoms with van der Waals surface area (Å²) in [6.07, 6.45) is 35.0. The summed E-state index contributed by atoms with van der Waals surface area (Å²) >= 11 is 0. The summed E-state index contributed by atoms with van der Waals surface area (Å²) in [6, 6.07) is 0.162. The van der Waals surface area contributed by atoms with Crippen LogP contribution in [-0.4, -0.2) is 30.0 Å². The number of carbonyl (C=O) groups is 1. The molecule has 4 heteroatoms. The minimum Gasteiger partial charge on any atom is -0.550 e. The summed E-state index contributed by atoms with van der Waals surface area (Å²) < 4.78 is 0. The zero-order valence-electron chi connectivity index (χ0n) is 26.8. The van der Waals surface area contributed by atoms with Crippen LogP contribution in [0, 0.1) is 0 Å². The summed E-state index contributed by atoms with van der Waals surface area (Å²) in [5.74, 6) is -0.882. The van der Waals surface area contributed by atoms with Gasteiger partial charge in [-0.1, -0.05) is 168 Å². The fourth-order valence-electron chi connectivity index (χ4n) is 5.73. The van der Waals surface area contributed by atoms with Gasteiger partial charge in [0.15, 0.2) is 0 Å². The summed E-state index contributed by atoms with van der Waals surface area (Å²) in [5.41, 5.74) is 0. The molecule has 0 aromatic rings. The first-order valence-corrected chi connectivity index (χ1v) is 17.1. The minimum atomic E-state index is -0.882. The third-order valence-corrected chi connectivity index (χ3v) is 8.14. The molecule has 0 aliphatic carbocycles. The van der Waals surface area contributed by atoms with Gasteiger partial charge < -0.3 is 14.8 Å². The normalized spacial score (nSPS) is 12.1. The number of hydrogen-bond donors (Lipinski definition) is 0. The average Bonchev–Trinajstić information content (AvgIpc) is 2.88. The summed E-state index contributed by atoms with van der Waals surface area (Å²) in [5, 5.41) is 11.4. The van der Waals surface area contributed by atoms with E-state index in [2.05, 4.69) is 25.7 Å². The van der Waals surface area contributed by atoms with Crippen LogP contribution in [0.15, 0.2) is 0 Å². The van der Waals surface area contributed by atoms with Crippen molar-refractivity contribution in [2.75, 3.05) is 13.1 Å². The molecule has 0 saturated heterocycles. The van der Waals surface area contributed by atoms with Crippen molar-refractivity contribution >= 4 is 5.97 Å². The van der Waals surface area contributed by atoms with Crippen LogP contribution < -0.4 is 56.5 Å². The molecule has 0 rings (SSSR count). The molecule has 0 aliphatic rings. The molecule has 1 atom stereocenters. The SMILES string of the molecule is CCCCCCCCCCCCCCN(CCCCCCCCCCCCCC)C(CCC)CC(=O)[O-].[K+].